The quantitative estimate of drug-likeness (QED) is 0.441. The number of nitriles is 1. The smallest absolute Gasteiger partial charge is 0.108 e. The number of hydrogen-bond acceptors (Lipinski definition) is 3. The molecular formula is C28H31N3. The maximum absolute atomic E-state index is 9.50. The Morgan fingerprint density at radius 3 is 1.90 bits per heavy atom. The Labute approximate surface area is 186 Å². The molecule has 0 amide bonds. The molecule has 0 saturated carbocycles. The van der Waals surface area contributed by atoms with E-state index in [-0.39, 0.29) is 6.17 Å². The Morgan fingerprint density at radius 1 is 0.774 bits per heavy atom. The molecule has 0 saturated heterocycles. The minimum atomic E-state index is 0.0856. The number of nitrogens with zero attached hydrogens (tertiary/aromatic N) is 3. The lowest BCUT2D eigenvalue weighted by atomic mass is 9.91. The molecule has 3 heteroatoms. The van der Waals surface area contributed by atoms with E-state index in [9.17, 15) is 5.26 Å². The third-order valence-corrected chi connectivity index (χ3v) is 6.33. The van der Waals surface area contributed by atoms with Crippen molar-refractivity contribution >= 4 is 22.7 Å². The van der Waals surface area contributed by atoms with Gasteiger partial charge in [0.05, 0.1) is 28.7 Å². The summed E-state index contributed by atoms with van der Waals surface area (Å²) in [6.45, 7) is 13.5. The summed E-state index contributed by atoms with van der Waals surface area (Å²) in [6, 6.07) is 23.6. The monoisotopic (exact) mass is 409 g/mol. The zero-order valence-corrected chi connectivity index (χ0v) is 19.3. The van der Waals surface area contributed by atoms with Crippen LogP contribution in [0.3, 0.4) is 0 Å². The van der Waals surface area contributed by atoms with Crippen molar-refractivity contribution in [2.75, 3.05) is 9.80 Å². The fourth-order valence-corrected chi connectivity index (χ4v) is 4.76. The fraction of sp³-hybridized carbons (Fsp3) is 0.321. The predicted octanol–water partition coefficient (Wildman–Crippen LogP) is 7.75. The van der Waals surface area contributed by atoms with Crippen LogP contribution < -0.4 is 9.80 Å². The third kappa shape index (κ3) is 3.47. The number of anilines is 4. The average Bonchev–Trinajstić information content (AvgIpc) is 3.05. The first kappa shape index (κ1) is 21.0. The van der Waals surface area contributed by atoms with Gasteiger partial charge < -0.3 is 9.80 Å². The van der Waals surface area contributed by atoms with Gasteiger partial charge in [-0.05, 0) is 66.6 Å². The Balaban J connectivity index is 1.97. The predicted molar refractivity (Wildman–Crippen MR) is 131 cm³/mol. The summed E-state index contributed by atoms with van der Waals surface area (Å²) in [5, 5.41) is 9.50. The van der Waals surface area contributed by atoms with Crippen LogP contribution >= 0.6 is 0 Å². The van der Waals surface area contributed by atoms with Crippen molar-refractivity contribution in [1.82, 2.24) is 0 Å². The Morgan fingerprint density at radius 2 is 1.35 bits per heavy atom. The first-order valence-corrected chi connectivity index (χ1v) is 11.2. The highest BCUT2D eigenvalue weighted by atomic mass is 15.4. The fourth-order valence-electron chi connectivity index (χ4n) is 4.76. The van der Waals surface area contributed by atoms with E-state index < -0.39 is 0 Å². The maximum atomic E-state index is 9.50. The number of para-hydroxylation sites is 3. The molecule has 0 fully saturated rings. The number of aryl methyl sites for hydroxylation is 1. The van der Waals surface area contributed by atoms with E-state index in [0.29, 0.717) is 17.4 Å². The molecule has 1 aliphatic heterocycles. The number of hydrogen-bond donors (Lipinski definition) is 0. The van der Waals surface area contributed by atoms with Gasteiger partial charge in [-0.2, -0.15) is 5.26 Å². The van der Waals surface area contributed by atoms with Gasteiger partial charge in [0, 0.05) is 5.69 Å². The highest BCUT2D eigenvalue weighted by molar-refractivity contribution is 5.90. The van der Waals surface area contributed by atoms with Crippen LogP contribution in [0.4, 0.5) is 22.7 Å². The molecule has 1 aliphatic rings. The lowest BCUT2D eigenvalue weighted by Gasteiger charge is -2.35. The van der Waals surface area contributed by atoms with Crippen molar-refractivity contribution in [3.63, 3.8) is 0 Å². The Bertz CT molecular complexity index is 1130. The number of fused-ring (bicyclic) bond motifs is 1. The van der Waals surface area contributed by atoms with E-state index in [2.05, 4.69) is 99.9 Å². The molecule has 3 aromatic rings. The van der Waals surface area contributed by atoms with Crippen LogP contribution in [-0.2, 0) is 0 Å². The van der Waals surface area contributed by atoms with Gasteiger partial charge in [0.1, 0.15) is 6.17 Å². The average molecular weight is 410 g/mol. The molecule has 158 valence electrons. The van der Waals surface area contributed by atoms with Gasteiger partial charge in [0.25, 0.3) is 0 Å². The number of rotatable bonds is 4. The van der Waals surface area contributed by atoms with Crippen LogP contribution in [0.1, 0.15) is 68.7 Å². The molecule has 0 unspecified atom stereocenters. The van der Waals surface area contributed by atoms with Crippen molar-refractivity contribution < 1.29 is 0 Å². The molecule has 1 atom stereocenters. The van der Waals surface area contributed by atoms with Crippen molar-refractivity contribution in [3.05, 3.63) is 82.9 Å². The van der Waals surface area contributed by atoms with Crippen molar-refractivity contribution in [3.8, 4) is 6.07 Å². The van der Waals surface area contributed by atoms with Crippen LogP contribution in [0, 0.1) is 18.3 Å². The minimum absolute atomic E-state index is 0.0856. The zero-order valence-electron chi connectivity index (χ0n) is 19.3. The van der Waals surface area contributed by atoms with Crippen molar-refractivity contribution in [1.29, 1.82) is 5.26 Å². The Hall–Kier alpha value is -3.25. The van der Waals surface area contributed by atoms with E-state index in [4.69, 9.17) is 0 Å². The second-order valence-electron chi connectivity index (χ2n) is 9.07. The molecule has 3 nitrogen and oxygen atoms in total. The van der Waals surface area contributed by atoms with Gasteiger partial charge in [-0.1, -0.05) is 64.1 Å². The van der Waals surface area contributed by atoms with Crippen LogP contribution in [-0.4, -0.2) is 6.17 Å². The SMILES string of the molecule is Cc1ccc(C#N)cc1N1c2ccccc2N(c2c(C(C)C)cccc2C(C)C)[C@H]1C. The van der Waals surface area contributed by atoms with Gasteiger partial charge >= 0.3 is 0 Å². The highest BCUT2D eigenvalue weighted by Gasteiger charge is 2.37. The molecule has 0 radical (unpaired) electrons. The maximum Gasteiger partial charge on any atom is 0.108 e. The van der Waals surface area contributed by atoms with E-state index >= 15 is 0 Å². The summed E-state index contributed by atoms with van der Waals surface area (Å²) in [7, 11) is 0. The van der Waals surface area contributed by atoms with Crippen LogP contribution in [0.5, 0.6) is 0 Å². The molecular weight excluding hydrogens is 378 g/mol. The topological polar surface area (TPSA) is 30.3 Å². The summed E-state index contributed by atoms with van der Waals surface area (Å²) < 4.78 is 0. The molecule has 4 rings (SSSR count). The first-order chi connectivity index (χ1) is 14.8. The summed E-state index contributed by atoms with van der Waals surface area (Å²) in [5.74, 6) is 0.844. The van der Waals surface area contributed by atoms with Crippen molar-refractivity contribution in [2.45, 2.75) is 59.5 Å². The molecule has 0 spiro atoms. The van der Waals surface area contributed by atoms with Gasteiger partial charge in [-0.3, -0.25) is 0 Å². The lowest BCUT2D eigenvalue weighted by molar-refractivity contribution is 0.736. The summed E-state index contributed by atoms with van der Waals surface area (Å²) in [5.41, 5.74) is 9.42. The van der Waals surface area contributed by atoms with Gasteiger partial charge in [-0.25, -0.2) is 0 Å². The molecule has 0 aliphatic carbocycles. The highest BCUT2D eigenvalue weighted by Crippen LogP contribution is 2.51. The summed E-state index contributed by atoms with van der Waals surface area (Å²) >= 11 is 0. The van der Waals surface area contributed by atoms with Crippen LogP contribution in [0.15, 0.2) is 60.7 Å². The molecule has 3 aromatic carbocycles. The molecule has 31 heavy (non-hydrogen) atoms. The van der Waals surface area contributed by atoms with E-state index in [1.807, 2.05) is 18.2 Å². The summed E-state index contributed by atoms with van der Waals surface area (Å²) in [6.07, 6.45) is 0.0856. The van der Waals surface area contributed by atoms with Gasteiger partial charge in [0.2, 0.25) is 0 Å². The standard InChI is InChI=1S/C28H31N3/c1-18(2)23-10-9-11-24(19(3)4)28(23)31-21(6)30(25-12-7-8-13-26(25)31)27-16-22(17-29)15-14-20(27)5/h7-16,18-19,21H,1-6H3/t21-/m0/s1. The van der Waals surface area contributed by atoms with Crippen LogP contribution in [0.25, 0.3) is 0 Å². The molecule has 0 N–H and O–H groups in total. The zero-order chi connectivity index (χ0) is 22.3. The lowest BCUT2D eigenvalue weighted by Crippen LogP contribution is -2.36. The minimum Gasteiger partial charge on any atom is -0.318 e. The van der Waals surface area contributed by atoms with E-state index in [1.165, 1.54) is 33.8 Å². The molecule has 1 heterocycles. The van der Waals surface area contributed by atoms with E-state index in [0.717, 1.165) is 5.69 Å². The van der Waals surface area contributed by atoms with Gasteiger partial charge in [0.15, 0.2) is 0 Å². The van der Waals surface area contributed by atoms with E-state index in [1.54, 1.807) is 0 Å². The molecule has 0 aromatic heterocycles. The molecule has 0 bridgehead atoms. The second-order valence-corrected chi connectivity index (χ2v) is 9.07. The van der Waals surface area contributed by atoms with Crippen LogP contribution in [0.2, 0.25) is 0 Å². The largest absolute Gasteiger partial charge is 0.318 e. The Kier molecular flexibility index (Phi) is 5.50. The van der Waals surface area contributed by atoms with Gasteiger partial charge in [-0.15, -0.1) is 0 Å². The second kappa shape index (κ2) is 8.12. The van der Waals surface area contributed by atoms with Crippen molar-refractivity contribution in [2.24, 2.45) is 0 Å². The summed E-state index contributed by atoms with van der Waals surface area (Å²) in [4.78, 5) is 4.88. The normalized spacial score (nSPS) is 15.5. The first-order valence-electron chi connectivity index (χ1n) is 11.2. The number of benzene rings is 3. The third-order valence-electron chi connectivity index (χ3n) is 6.33.